The Balaban J connectivity index is 1.43. The Morgan fingerprint density at radius 1 is 1.00 bits per heavy atom. The third-order valence-electron chi connectivity index (χ3n) is 8.37. The van der Waals surface area contributed by atoms with E-state index < -0.39 is 54.3 Å². The number of nitrogens with zero attached hydrogens (tertiary/aromatic N) is 2. The Kier molecular flexibility index (Phi) is 7.16. The number of hydrogen-bond acceptors (Lipinski definition) is 5. The summed E-state index contributed by atoms with van der Waals surface area (Å²) < 4.78 is 0. The van der Waals surface area contributed by atoms with Gasteiger partial charge in [-0.15, -0.1) is 0 Å². The largest absolute Gasteiger partial charge is 0.480 e. The maximum Gasteiger partial charge on any atom is 0.332 e. The fraction of sp³-hybridized carbons (Fsp3) is 0.242. The zero-order chi connectivity index (χ0) is 31.3. The molecule has 1 saturated heterocycles. The number of para-hydroxylation sites is 2. The van der Waals surface area contributed by atoms with Gasteiger partial charge in [0, 0.05) is 23.0 Å². The number of nitrogens with one attached hydrogen (secondary N) is 2. The zero-order valence-electron chi connectivity index (χ0n) is 24.1. The lowest BCUT2D eigenvalue weighted by molar-refractivity contribution is -0.141. The topological polar surface area (TPSA) is 166 Å². The molecule has 0 spiro atoms. The zero-order valence-corrected chi connectivity index (χ0v) is 24.1. The van der Waals surface area contributed by atoms with Crippen LogP contribution in [0.4, 0.5) is 10.5 Å². The summed E-state index contributed by atoms with van der Waals surface area (Å²) in [5.74, 6) is -3.40. The predicted molar refractivity (Wildman–Crippen MR) is 162 cm³/mol. The molecule has 5 N–H and O–H groups in total. The molecule has 0 saturated carbocycles. The van der Waals surface area contributed by atoms with E-state index in [9.17, 15) is 29.1 Å². The number of aliphatic carboxylic acids is 1. The minimum absolute atomic E-state index is 0.0139. The second-order valence-electron chi connectivity index (χ2n) is 11.4. The first kappa shape index (κ1) is 28.7. The monoisotopic (exact) mass is 593 g/mol. The minimum Gasteiger partial charge on any atom is -0.480 e. The molecular formula is C33H31N5O6. The fourth-order valence-corrected chi connectivity index (χ4v) is 6.20. The van der Waals surface area contributed by atoms with Gasteiger partial charge in [-0.3, -0.25) is 19.3 Å². The lowest BCUT2D eigenvalue weighted by Crippen LogP contribution is -2.44. The highest BCUT2D eigenvalue weighted by Gasteiger charge is 2.53. The Labute approximate surface area is 252 Å². The summed E-state index contributed by atoms with van der Waals surface area (Å²) in [6.45, 7) is 4.20. The van der Waals surface area contributed by atoms with Crippen LogP contribution in [-0.4, -0.2) is 56.8 Å². The molecule has 3 atom stereocenters. The van der Waals surface area contributed by atoms with Gasteiger partial charge in [-0.1, -0.05) is 68.4 Å². The van der Waals surface area contributed by atoms with Crippen LogP contribution in [-0.2, 0) is 20.8 Å². The van der Waals surface area contributed by atoms with Gasteiger partial charge in [-0.2, -0.15) is 0 Å². The van der Waals surface area contributed by atoms with Gasteiger partial charge in [0.15, 0.2) is 0 Å². The molecule has 0 aliphatic carbocycles. The maximum absolute atomic E-state index is 14.3. The van der Waals surface area contributed by atoms with Crippen molar-refractivity contribution >= 4 is 46.3 Å². The van der Waals surface area contributed by atoms with E-state index in [0.717, 1.165) is 38.2 Å². The summed E-state index contributed by atoms with van der Waals surface area (Å²) >= 11 is 0. The molecule has 44 heavy (non-hydrogen) atoms. The molecule has 11 heteroatoms. The molecule has 1 fully saturated rings. The molecular weight excluding hydrogens is 562 g/mol. The number of anilines is 1. The smallest absolute Gasteiger partial charge is 0.332 e. The van der Waals surface area contributed by atoms with E-state index in [1.807, 2.05) is 48.5 Å². The highest BCUT2D eigenvalue weighted by Crippen LogP contribution is 2.45. The Morgan fingerprint density at radius 2 is 1.68 bits per heavy atom. The van der Waals surface area contributed by atoms with Gasteiger partial charge < -0.3 is 21.1 Å². The van der Waals surface area contributed by atoms with E-state index in [1.54, 1.807) is 11.0 Å². The molecule has 4 aromatic rings. The van der Waals surface area contributed by atoms with Crippen molar-refractivity contribution in [3.8, 4) is 0 Å². The second-order valence-corrected chi connectivity index (χ2v) is 11.4. The van der Waals surface area contributed by atoms with Crippen molar-refractivity contribution < 1.29 is 29.1 Å². The van der Waals surface area contributed by atoms with Crippen LogP contribution in [0, 0.1) is 0 Å². The van der Waals surface area contributed by atoms with Crippen molar-refractivity contribution in [2.45, 2.75) is 50.7 Å². The van der Waals surface area contributed by atoms with Crippen molar-refractivity contribution in [2.75, 3.05) is 4.90 Å². The summed E-state index contributed by atoms with van der Waals surface area (Å²) in [5, 5.41) is 12.8. The van der Waals surface area contributed by atoms with E-state index >= 15 is 0 Å². The third kappa shape index (κ3) is 4.76. The molecule has 1 unspecified atom stereocenters. The van der Waals surface area contributed by atoms with Crippen LogP contribution < -0.4 is 16.0 Å². The molecule has 2 aliphatic heterocycles. The van der Waals surface area contributed by atoms with E-state index in [2.05, 4.69) is 24.1 Å². The van der Waals surface area contributed by atoms with E-state index in [0.29, 0.717) is 5.92 Å². The first-order chi connectivity index (χ1) is 21.1. The molecule has 0 radical (unpaired) electrons. The third-order valence-corrected chi connectivity index (χ3v) is 8.37. The lowest BCUT2D eigenvalue weighted by Gasteiger charge is -2.36. The number of hydrogen-bond donors (Lipinski definition) is 4. The summed E-state index contributed by atoms with van der Waals surface area (Å²) in [6, 6.07) is 18.2. The van der Waals surface area contributed by atoms with E-state index in [-0.39, 0.29) is 17.7 Å². The maximum atomic E-state index is 14.3. The van der Waals surface area contributed by atoms with Gasteiger partial charge in [0.2, 0.25) is 5.91 Å². The van der Waals surface area contributed by atoms with Gasteiger partial charge >= 0.3 is 12.0 Å². The van der Waals surface area contributed by atoms with Gasteiger partial charge in [0.05, 0.1) is 17.7 Å². The SMILES string of the molecule is CC(C)c1ccc(C2c3[nH]c4ccccc4c3C[C@H]3C(=O)N(c4ccccc4C(=O)N[C@@H](CC(N)=O)C(=O)O)C(=O)N23)cc1. The number of carbonyl (C=O) groups is 5. The molecule has 1 aromatic heterocycles. The summed E-state index contributed by atoms with van der Waals surface area (Å²) in [7, 11) is 0. The first-order valence-corrected chi connectivity index (χ1v) is 14.3. The number of benzene rings is 3. The number of amides is 5. The number of carboxylic acid groups (broad SMARTS) is 1. The normalized spacial score (nSPS) is 18.3. The quantitative estimate of drug-likeness (QED) is 0.227. The number of carbonyl (C=O) groups excluding carboxylic acids is 4. The van der Waals surface area contributed by atoms with Crippen molar-refractivity contribution in [2.24, 2.45) is 5.73 Å². The second kappa shape index (κ2) is 11.0. The van der Waals surface area contributed by atoms with Gasteiger partial charge in [-0.05, 0) is 40.8 Å². The Bertz CT molecular complexity index is 1830. The van der Waals surface area contributed by atoms with Gasteiger partial charge in [-0.25, -0.2) is 14.5 Å². The van der Waals surface area contributed by atoms with Gasteiger partial charge in [0.1, 0.15) is 18.1 Å². The molecule has 3 aromatic carbocycles. The standard InChI is InChI=1S/C33H31N5O6/c1-17(2)18-11-13-19(14-12-18)29-28-22(20-7-3-5-9-23(20)35-28)15-26-31(41)38(33(44)37(26)29)25-10-6-4-8-21(25)30(40)36-24(32(42)43)16-27(34)39/h3-14,17,24,26,29,35H,15-16H2,1-2H3,(H2,34,39)(H,36,40)(H,42,43)/t24-,26-,29?/m0/s1. The summed E-state index contributed by atoms with van der Waals surface area (Å²) in [5.41, 5.74) is 9.74. The highest BCUT2D eigenvalue weighted by atomic mass is 16.4. The number of urea groups is 1. The molecule has 5 amide bonds. The van der Waals surface area contributed by atoms with Crippen LogP contribution in [0.25, 0.3) is 10.9 Å². The average molecular weight is 594 g/mol. The van der Waals surface area contributed by atoms with Crippen molar-refractivity contribution in [3.05, 3.63) is 101 Å². The molecule has 6 rings (SSSR count). The Morgan fingerprint density at radius 3 is 2.36 bits per heavy atom. The van der Waals surface area contributed by atoms with Crippen LogP contribution in [0.2, 0.25) is 0 Å². The number of nitrogens with two attached hydrogens (primary N) is 1. The number of carboxylic acids is 1. The first-order valence-electron chi connectivity index (χ1n) is 14.3. The summed E-state index contributed by atoms with van der Waals surface area (Å²) in [6.07, 6.45) is -0.349. The van der Waals surface area contributed by atoms with Crippen LogP contribution >= 0.6 is 0 Å². The van der Waals surface area contributed by atoms with Crippen molar-refractivity contribution in [1.82, 2.24) is 15.2 Å². The van der Waals surface area contributed by atoms with Crippen LogP contribution in [0.15, 0.2) is 72.8 Å². The molecule has 11 nitrogen and oxygen atoms in total. The average Bonchev–Trinajstić information content (AvgIpc) is 3.49. The summed E-state index contributed by atoms with van der Waals surface area (Å²) in [4.78, 5) is 70.9. The molecule has 3 heterocycles. The van der Waals surface area contributed by atoms with Crippen LogP contribution in [0.1, 0.15) is 65.0 Å². The molecule has 0 bridgehead atoms. The number of aromatic nitrogens is 1. The van der Waals surface area contributed by atoms with E-state index in [1.165, 1.54) is 18.2 Å². The molecule has 224 valence electrons. The number of H-pyrrole nitrogens is 1. The fourth-order valence-electron chi connectivity index (χ4n) is 6.20. The lowest BCUT2D eigenvalue weighted by atomic mass is 9.88. The van der Waals surface area contributed by atoms with E-state index in [4.69, 9.17) is 5.73 Å². The highest BCUT2D eigenvalue weighted by molar-refractivity contribution is 6.24. The predicted octanol–water partition coefficient (Wildman–Crippen LogP) is 3.83. The minimum atomic E-state index is -1.58. The number of fused-ring (bicyclic) bond motifs is 4. The number of aromatic amines is 1. The van der Waals surface area contributed by atoms with Crippen LogP contribution in [0.5, 0.6) is 0 Å². The van der Waals surface area contributed by atoms with Crippen LogP contribution in [0.3, 0.4) is 0 Å². The van der Waals surface area contributed by atoms with Crippen molar-refractivity contribution in [1.29, 1.82) is 0 Å². The Hall–Kier alpha value is -5.45. The van der Waals surface area contributed by atoms with Gasteiger partial charge in [0.25, 0.3) is 11.8 Å². The molecule has 2 aliphatic rings. The number of imide groups is 1. The number of primary amides is 1. The number of rotatable bonds is 8. The van der Waals surface area contributed by atoms with Crippen molar-refractivity contribution in [3.63, 3.8) is 0 Å².